The van der Waals surface area contributed by atoms with Crippen molar-refractivity contribution in [3.63, 3.8) is 0 Å². The first kappa shape index (κ1) is 11.8. The number of aromatic carboxylic acids is 1. The van der Waals surface area contributed by atoms with Crippen LogP contribution in [0.2, 0.25) is 0 Å². The Hall–Kier alpha value is -2.70. The lowest BCUT2D eigenvalue weighted by atomic mass is 10.2. The minimum atomic E-state index is -1.08. The van der Waals surface area contributed by atoms with E-state index in [0.29, 0.717) is 12.2 Å². The van der Waals surface area contributed by atoms with Crippen molar-refractivity contribution in [2.75, 3.05) is 11.1 Å². The molecule has 0 fully saturated rings. The average Bonchev–Trinajstić information content (AvgIpc) is 2.38. The summed E-state index contributed by atoms with van der Waals surface area (Å²) in [5.41, 5.74) is 6.57. The number of rotatable bonds is 4. The highest BCUT2D eigenvalue weighted by Crippen LogP contribution is 2.16. The fraction of sp³-hybridized carbons (Fsp3) is 0.0909. The summed E-state index contributed by atoms with van der Waals surface area (Å²) in [6.07, 6.45) is 4.43. The van der Waals surface area contributed by atoms with Gasteiger partial charge in [0.05, 0.1) is 24.1 Å². The topological polar surface area (TPSA) is 114 Å². The Morgan fingerprint density at radius 3 is 2.94 bits per heavy atom. The van der Waals surface area contributed by atoms with Crippen molar-refractivity contribution in [2.45, 2.75) is 6.54 Å². The van der Waals surface area contributed by atoms with Gasteiger partial charge < -0.3 is 16.2 Å². The number of carboxylic acids is 1. The molecule has 18 heavy (non-hydrogen) atoms. The Bertz CT molecular complexity index is 559. The maximum Gasteiger partial charge on any atom is 0.339 e. The largest absolute Gasteiger partial charge is 0.478 e. The molecule has 2 rings (SSSR count). The van der Waals surface area contributed by atoms with Crippen LogP contribution in [0.25, 0.3) is 0 Å². The maximum absolute atomic E-state index is 11.0. The highest BCUT2D eigenvalue weighted by Gasteiger charge is 2.11. The molecule has 7 nitrogen and oxygen atoms in total. The number of nitrogens with two attached hydrogens (primary N) is 1. The third-order valence-corrected chi connectivity index (χ3v) is 2.22. The number of nitrogens with one attached hydrogen (secondary N) is 1. The summed E-state index contributed by atoms with van der Waals surface area (Å²) >= 11 is 0. The Labute approximate surface area is 103 Å². The summed E-state index contributed by atoms with van der Waals surface area (Å²) in [6.45, 7) is 0.361. The number of nitrogen functional groups attached to an aromatic ring is 1. The second-order valence-corrected chi connectivity index (χ2v) is 3.52. The first-order valence-corrected chi connectivity index (χ1v) is 5.14. The number of aromatic nitrogens is 3. The standard InChI is InChI=1S/C11H11N5O2/c12-7-3-9(11(17)18)10(14-4-7)15-5-8-1-2-13-6-16-8/h1-4,6H,5,12H2,(H,14,15)(H,17,18). The van der Waals surface area contributed by atoms with Crippen molar-refractivity contribution >= 4 is 17.5 Å². The molecule has 0 amide bonds. The normalized spacial score (nSPS) is 10.0. The fourth-order valence-corrected chi connectivity index (χ4v) is 1.38. The van der Waals surface area contributed by atoms with E-state index in [4.69, 9.17) is 10.8 Å². The van der Waals surface area contributed by atoms with Gasteiger partial charge in [-0.3, -0.25) is 0 Å². The number of hydrogen-bond acceptors (Lipinski definition) is 6. The molecule has 0 aromatic carbocycles. The summed E-state index contributed by atoms with van der Waals surface area (Å²) < 4.78 is 0. The highest BCUT2D eigenvalue weighted by molar-refractivity contribution is 5.94. The van der Waals surface area contributed by atoms with E-state index in [1.165, 1.54) is 18.6 Å². The van der Waals surface area contributed by atoms with Gasteiger partial charge in [0, 0.05) is 6.20 Å². The van der Waals surface area contributed by atoms with E-state index in [2.05, 4.69) is 20.3 Å². The molecule has 0 spiro atoms. The van der Waals surface area contributed by atoms with Gasteiger partial charge in [-0.15, -0.1) is 0 Å². The van der Waals surface area contributed by atoms with Gasteiger partial charge >= 0.3 is 5.97 Å². The summed E-state index contributed by atoms with van der Waals surface area (Å²) in [6, 6.07) is 3.09. The number of carbonyl (C=O) groups is 1. The molecule has 0 saturated heterocycles. The number of pyridine rings is 1. The predicted molar refractivity (Wildman–Crippen MR) is 65.0 cm³/mol. The first-order chi connectivity index (χ1) is 8.66. The minimum Gasteiger partial charge on any atom is -0.478 e. The lowest BCUT2D eigenvalue weighted by Gasteiger charge is -2.08. The summed E-state index contributed by atoms with van der Waals surface area (Å²) in [7, 11) is 0. The number of hydrogen-bond donors (Lipinski definition) is 3. The smallest absolute Gasteiger partial charge is 0.339 e. The molecule has 0 unspecified atom stereocenters. The monoisotopic (exact) mass is 245 g/mol. The van der Waals surface area contributed by atoms with Crippen LogP contribution in [0, 0.1) is 0 Å². The fourth-order valence-electron chi connectivity index (χ4n) is 1.38. The molecule has 2 aromatic heterocycles. The summed E-state index contributed by atoms with van der Waals surface area (Å²) in [4.78, 5) is 22.8. The van der Waals surface area contributed by atoms with Crippen LogP contribution >= 0.6 is 0 Å². The van der Waals surface area contributed by atoms with Crippen molar-refractivity contribution in [2.24, 2.45) is 0 Å². The van der Waals surface area contributed by atoms with E-state index in [-0.39, 0.29) is 11.4 Å². The zero-order valence-corrected chi connectivity index (χ0v) is 9.37. The van der Waals surface area contributed by atoms with Gasteiger partial charge in [0.25, 0.3) is 0 Å². The molecular formula is C11H11N5O2. The molecule has 0 aliphatic rings. The quantitative estimate of drug-likeness (QED) is 0.728. The Morgan fingerprint density at radius 2 is 2.28 bits per heavy atom. The summed E-state index contributed by atoms with van der Waals surface area (Å²) in [5.74, 6) is -0.824. The van der Waals surface area contributed by atoms with Crippen molar-refractivity contribution in [1.29, 1.82) is 0 Å². The van der Waals surface area contributed by atoms with Gasteiger partial charge in [-0.1, -0.05) is 0 Å². The second-order valence-electron chi connectivity index (χ2n) is 3.52. The van der Waals surface area contributed by atoms with Crippen molar-refractivity contribution < 1.29 is 9.90 Å². The molecule has 0 saturated carbocycles. The van der Waals surface area contributed by atoms with Crippen molar-refractivity contribution in [3.05, 3.63) is 42.1 Å². The number of anilines is 2. The van der Waals surface area contributed by atoms with Crippen LogP contribution in [0.1, 0.15) is 16.1 Å². The zero-order valence-electron chi connectivity index (χ0n) is 9.37. The maximum atomic E-state index is 11.0. The van der Waals surface area contributed by atoms with Crippen LogP contribution in [0.5, 0.6) is 0 Å². The van der Waals surface area contributed by atoms with Crippen molar-refractivity contribution in [3.8, 4) is 0 Å². The van der Waals surface area contributed by atoms with Crippen LogP contribution in [-0.2, 0) is 6.54 Å². The van der Waals surface area contributed by atoms with Gasteiger partial charge in [0.2, 0.25) is 0 Å². The van der Waals surface area contributed by atoms with E-state index in [1.54, 1.807) is 12.3 Å². The lowest BCUT2D eigenvalue weighted by Crippen LogP contribution is -2.09. The van der Waals surface area contributed by atoms with Crippen LogP contribution < -0.4 is 11.1 Å². The van der Waals surface area contributed by atoms with Crippen LogP contribution in [0.3, 0.4) is 0 Å². The van der Waals surface area contributed by atoms with Crippen LogP contribution in [-0.4, -0.2) is 26.0 Å². The SMILES string of the molecule is Nc1cnc(NCc2ccncn2)c(C(=O)O)c1. The number of nitrogens with zero attached hydrogens (tertiary/aromatic N) is 3. The molecule has 0 aliphatic heterocycles. The Balaban J connectivity index is 2.17. The molecule has 2 aromatic rings. The Morgan fingerprint density at radius 1 is 1.44 bits per heavy atom. The van der Waals surface area contributed by atoms with Gasteiger partial charge in [0.1, 0.15) is 17.7 Å². The van der Waals surface area contributed by atoms with Crippen molar-refractivity contribution in [1.82, 2.24) is 15.0 Å². The van der Waals surface area contributed by atoms with E-state index in [1.807, 2.05) is 0 Å². The molecule has 0 atom stereocenters. The minimum absolute atomic E-state index is 0.0315. The first-order valence-electron chi connectivity index (χ1n) is 5.14. The lowest BCUT2D eigenvalue weighted by molar-refractivity contribution is 0.0697. The van der Waals surface area contributed by atoms with Crippen LogP contribution in [0.4, 0.5) is 11.5 Å². The molecule has 0 bridgehead atoms. The predicted octanol–water partition coefficient (Wildman–Crippen LogP) is 0.764. The molecule has 0 aliphatic carbocycles. The van der Waals surface area contributed by atoms with Gasteiger partial charge in [-0.05, 0) is 12.1 Å². The average molecular weight is 245 g/mol. The molecule has 4 N–H and O–H groups in total. The van der Waals surface area contributed by atoms with E-state index in [0.717, 1.165) is 5.69 Å². The molecule has 2 heterocycles. The highest BCUT2D eigenvalue weighted by atomic mass is 16.4. The molecule has 7 heteroatoms. The third kappa shape index (κ3) is 2.70. The molecule has 0 radical (unpaired) electrons. The Kier molecular flexibility index (Phi) is 3.33. The van der Waals surface area contributed by atoms with Gasteiger partial charge in [0.15, 0.2) is 0 Å². The zero-order chi connectivity index (χ0) is 13.0. The van der Waals surface area contributed by atoms with Gasteiger partial charge in [-0.2, -0.15) is 0 Å². The molecular weight excluding hydrogens is 234 g/mol. The van der Waals surface area contributed by atoms with Crippen LogP contribution in [0.15, 0.2) is 30.9 Å². The number of carboxylic acid groups (broad SMARTS) is 1. The van der Waals surface area contributed by atoms with Gasteiger partial charge in [-0.25, -0.2) is 19.7 Å². The molecule has 92 valence electrons. The van der Waals surface area contributed by atoms with E-state index < -0.39 is 5.97 Å². The third-order valence-electron chi connectivity index (χ3n) is 2.22. The summed E-state index contributed by atoms with van der Waals surface area (Å²) in [5, 5.41) is 11.9. The van der Waals surface area contributed by atoms with E-state index in [9.17, 15) is 4.79 Å². The van der Waals surface area contributed by atoms with E-state index >= 15 is 0 Å². The second kappa shape index (κ2) is 5.09.